The zero-order chi connectivity index (χ0) is 16.7. The van der Waals surface area contributed by atoms with E-state index in [1.807, 2.05) is 29.6 Å². The van der Waals surface area contributed by atoms with Gasteiger partial charge in [0.2, 0.25) is 0 Å². The molecule has 0 fully saturated rings. The molecule has 0 aliphatic rings. The van der Waals surface area contributed by atoms with E-state index in [9.17, 15) is 9.90 Å². The number of aromatic nitrogens is 1. The van der Waals surface area contributed by atoms with E-state index in [1.54, 1.807) is 11.3 Å². The van der Waals surface area contributed by atoms with Crippen LogP contribution in [0, 0.1) is 0 Å². The van der Waals surface area contributed by atoms with Gasteiger partial charge in [-0.25, -0.2) is 9.78 Å². The second-order valence-corrected chi connectivity index (χ2v) is 6.51. The lowest BCUT2D eigenvalue weighted by Gasteiger charge is -2.09. The standard InChI is InChI=1S/C17H23N3O2S/c1-12(2)16-20-15(11-23-16)7-8-18-17(22)19-9-13-5-3-4-6-14(13)10-21/h3-6,11-12,21H,7-10H2,1-2H3,(H2,18,19,22). The van der Waals surface area contributed by atoms with Crippen LogP contribution in [0.2, 0.25) is 0 Å². The number of carbonyl (C=O) groups excluding carboxylic acids is 1. The summed E-state index contributed by atoms with van der Waals surface area (Å²) in [6.07, 6.45) is 0.726. The van der Waals surface area contributed by atoms with E-state index in [4.69, 9.17) is 0 Å². The van der Waals surface area contributed by atoms with Crippen LogP contribution < -0.4 is 10.6 Å². The number of hydrogen-bond donors (Lipinski definition) is 3. The normalized spacial score (nSPS) is 10.8. The lowest BCUT2D eigenvalue weighted by atomic mass is 10.1. The molecule has 1 aromatic carbocycles. The lowest BCUT2D eigenvalue weighted by molar-refractivity contribution is 0.240. The van der Waals surface area contributed by atoms with E-state index < -0.39 is 0 Å². The van der Waals surface area contributed by atoms with Crippen molar-refractivity contribution >= 4 is 17.4 Å². The molecule has 0 atom stereocenters. The zero-order valence-electron chi connectivity index (χ0n) is 13.5. The Morgan fingerprint density at radius 1 is 1.26 bits per heavy atom. The molecule has 1 heterocycles. The Kier molecular flexibility index (Phi) is 6.55. The van der Waals surface area contributed by atoms with E-state index in [2.05, 4.69) is 29.5 Å². The number of amides is 2. The first-order valence-electron chi connectivity index (χ1n) is 7.73. The van der Waals surface area contributed by atoms with Gasteiger partial charge in [0.25, 0.3) is 0 Å². The highest BCUT2D eigenvalue weighted by Crippen LogP contribution is 2.19. The summed E-state index contributed by atoms with van der Waals surface area (Å²) < 4.78 is 0. The maximum atomic E-state index is 11.8. The van der Waals surface area contributed by atoms with Gasteiger partial charge in [0.15, 0.2) is 0 Å². The molecule has 0 radical (unpaired) electrons. The molecule has 5 nitrogen and oxygen atoms in total. The Balaban J connectivity index is 1.72. The molecule has 124 valence electrons. The van der Waals surface area contributed by atoms with Crippen molar-refractivity contribution in [2.24, 2.45) is 0 Å². The minimum absolute atomic E-state index is 0.0263. The number of nitrogens with zero attached hydrogens (tertiary/aromatic N) is 1. The molecular formula is C17H23N3O2S. The molecule has 3 N–H and O–H groups in total. The maximum absolute atomic E-state index is 11.8. The van der Waals surface area contributed by atoms with Crippen molar-refractivity contribution in [2.75, 3.05) is 6.54 Å². The highest BCUT2D eigenvalue weighted by atomic mass is 32.1. The van der Waals surface area contributed by atoms with Gasteiger partial charge in [-0.05, 0) is 11.1 Å². The maximum Gasteiger partial charge on any atom is 0.315 e. The van der Waals surface area contributed by atoms with Gasteiger partial charge in [-0.3, -0.25) is 0 Å². The fourth-order valence-corrected chi connectivity index (χ4v) is 3.00. The van der Waals surface area contributed by atoms with E-state index >= 15 is 0 Å². The van der Waals surface area contributed by atoms with Crippen LogP contribution in [0.1, 0.15) is 41.6 Å². The van der Waals surface area contributed by atoms with Gasteiger partial charge in [-0.2, -0.15) is 0 Å². The van der Waals surface area contributed by atoms with Crippen molar-refractivity contribution in [3.05, 3.63) is 51.5 Å². The summed E-state index contributed by atoms with van der Waals surface area (Å²) in [7, 11) is 0. The molecule has 1 aromatic heterocycles. The molecule has 2 aromatic rings. The van der Waals surface area contributed by atoms with Gasteiger partial charge in [0.1, 0.15) is 0 Å². The molecule has 0 saturated carbocycles. The Hall–Kier alpha value is -1.92. The molecule has 0 saturated heterocycles. The fourth-order valence-electron chi connectivity index (χ4n) is 2.13. The summed E-state index contributed by atoms with van der Waals surface area (Å²) in [5.74, 6) is 0.441. The largest absolute Gasteiger partial charge is 0.392 e. The molecule has 2 rings (SSSR count). The molecule has 0 spiro atoms. The molecule has 0 aliphatic carbocycles. The number of rotatable bonds is 7. The van der Waals surface area contributed by atoms with Crippen molar-refractivity contribution < 1.29 is 9.90 Å². The van der Waals surface area contributed by atoms with E-state index in [0.29, 0.717) is 19.0 Å². The number of thiazole rings is 1. The Morgan fingerprint density at radius 3 is 2.65 bits per heavy atom. The highest BCUT2D eigenvalue weighted by molar-refractivity contribution is 7.09. The Morgan fingerprint density at radius 2 is 2.00 bits per heavy atom. The van der Waals surface area contributed by atoms with Crippen molar-refractivity contribution in [3.63, 3.8) is 0 Å². The van der Waals surface area contributed by atoms with Crippen LogP contribution in [0.5, 0.6) is 0 Å². The number of urea groups is 1. The molecular weight excluding hydrogens is 310 g/mol. The van der Waals surface area contributed by atoms with Crippen molar-refractivity contribution in [1.29, 1.82) is 0 Å². The van der Waals surface area contributed by atoms with Crippen molar-refractivity contribution in [2.45, 2.75) is 39.3 Å². The molecule has 0 bridgehead atoms. The molecule has 23 heavy (non-hydrogen) atoms. The SMILES string of the molecule is CC(C)c1nc(CCNC(=O)NCc2ccccc2CO)cs1. The number of benzene rings is 1. The predicted octanol–water partition coefficient (Wildman–Crippen LogP) is 2.80. The lowest BCUT2D eigenvalue weighted by Crippen LogP contribution is -2.36. The fraction of sp³-hybridized carbons (Fsp3) is 0.412. The Labute approximate surface area is 140 Å². The number of aliphatic hydroxyl groups is 1. The molecule has 0 unspecified atom stereocenters. The average molecular weight is 333 g/mol. The first-order chi connectivity index (χ1) is 11.1. The van der Waals surface area contributed by atoms with Gasteiger partial charge < -0.3 is 15.7 Å². The smallest absolute Gasteiger partial charge is 0.315 e. The number of hydrogen-bond acceptors (Lipinski definition) is 4. The second-order valence-electron chi connectivity index (χ2n) is 5.62. The highest BCUT2D eigenvalue weighted by Gasteiger charge is 2.07. The molecule has 6 heteroatoms. The van der Waals surface area contributed by atoms with Gasteiger partial charge in [0, 0.05) is 30.8 Å². The van der Waals surface area contributed by atoms with Gasteiger partial charge in [0.05, 0.1) is 17.3 Å². The second kappa shape index (κ2) is 8.64. The number of aliphatic hydroxyl groups excluding tert-OH is 1. The summed E-state index contributed by atoms with van der Waals surface area (Å²) in [5.41, 5.74) is 2.77. The van der Waals surface area contributed by atoms with Crippen LogP contribution in [-0.2, 0) is 19.6 Å². The Bertz CT molecular complexity index is 640. The first kappa shape index (κ1) is 17.4. The van der Waals surface area contributed by atoms with Gasteiger partial charge in [-0.1, -0.05) is 38.1 Å². The van der Waals surface area contributed by atoms with Gasteiger partial charge in [-0.15, -0.1) is 11.3 Å². The van der Waals surface area contributed by atoms with Crippen LogP contribution >= 0.6 is 11.3 Å². The topological polar surface area (TPSA) is 74.2 Å². The van der Waals surface area contributed by atoms with Crippen LogP contribution in [-0.4, -0.2) is 22.7 Å². The third-order valence-electron chi connectivity index (χ3n) is 3.46. The zero-order valence-corrected chi connectivity index (χ0v) is 14.3. The summed E-state index contributed by atoms with van der Waals surface area (Å²) >= 11 is 1.66. The third kappa shape index (κ3) is 5.33. The number of carbonyl (C=O) groups is 1. The monoisotopic (exact) mass is 333 g/mol. The number of nitrogens with one attached hydrogen (secondary N) is 2. The van der Waals surface area contributed by atoms with E-state index in [1.165, 1.54) is 0 Å². The van der Waals surface area contributed by atoms with Crippen LogP contribution in [0.3, 0.4) is 0 Å². The van der Waals surface area contributed by atoms with Crippen molar-refractivity contribution in [1.82, 2.24) is 15.6 Å². The molecule has 0 aliphatic heterocycles. The quantitative estimate of drug-likeness (QED) is 0.729. The van der Waals surface area contributed by atoms with E-state index in [-0.39, 0.29) is 12.6 Å². The predicted molar refractivity (Wildman–Crippen MR) is 92.5 cm³/mol. The summed E-state index contributed by atoms with van der Waals surface area (Å²) in [4.78, 5) is 16.4. The van der Waals surface area contributed by atoms with Crippen LogP contribution in [0.25, 0.3) is 0 Å². The van der Waals surface area contributed by atoms with Crippen LogP contribution in [0.4, 0.5) is 4.79 Å². The van der Waals surface area contributed by atoms with E-state index in [0.717, 1.165) is 28.2 Å². The summed E-state index contributed by atoms with van der Waals surface area (Å²) in [6, 6.07) is 7.30. The minimum Gasteiger partial charge on any atom is -0.392 e. The third-order valence-corrected chi connectivity index (χ3v) is 4.65. The minimum atomic E-state index is -0.211. The molecule has 2 amide bonds. The van der Waals surface area contributed by atoms with Crippen molar-refractivity contribution in [3.8, 4) is 0 Å². The average Bonchev–Trinajstić information content (AvgIpc) is 3.02. The summed E-state index contributed by atoms with van der Waals surface area (Å²) in [5, 5.41) is 18.1. The first-order valence-corrected chi connectivity index (χ1v) is 8.61. The van der Waals surface area contributed by atoms with Crippen LogP contribution in [0.15, 0.2) is 29.6 Å². The summed E-state index contributed by atoms with van der Waals surface area (Å²) in [6.45, 7) is 5.17. The van der Waals surface area contributed by atoms with Gasteiger partial charge >= 0.3 is 6.03 Å².